The molecule has 0 fully saturated rings. The highest BCUT2D eigenvalue weighted by atomic mass is 35.5. The number of primary amides is 1. The van der Waals surface area contributed by atoms with Crippen molar-refractivity contribution >= 4 is 46.2 Å². The van der Waals surface area contributed by atoms with E-state index in [1.54, 1.807) is 48.5 Å². The maximum atomic E-state index is 13.3. The van der Waals surface area contributed by atoms with Crippen LogP contribution < -0.4 is 16.6 Å². The second-order valence-corrected chi connectivity index (χ2v) is 8.16. The number of nitrogens with zero attached hydrogens (tertiary/aromatic N) is 2. The lowest BCUT2D eigenvalue weighted by Gasteiger charge is -2.21. The van der Waals surface area contributed by atoms with Crippen molar-refractivity contribution in [1.82, 2.24) is 14.9 Å². The standard InChI is InChI=1S/C20H19ClN4O3S/c1-11(2)16(17(26)24-19(22)28)29-20-23-14-9-5-3-7-12(14)18(27)25(20)15-10-6-4-8-13(15)21/h3-11,16H,1-2H3,(H3,22,24,26,28). The van der Waals surface area contributed by atoms with E-state index in [2.05, 4.69) is 10.3 Å². The number of nitrogens with one attached hydrogen (secondary N) is 1. The zero-order valence-electron chi connectivity index (χ0n) is 15.8. The number of amides is 3. The summed E-state index contributed by atoms with van der Waals surface area (Å²) in [7, 11) is 0. The number of imide groups is 1. The van der Waals surface area contributed by atoms with E-state index in [4.69, 9.17) is 17.3 Å². The van der Waals surface area contributed by atoms with Crippen molar-refractivity contribution in [2.75, 3.05) is 0 Å². The zero-order valence-corrected chi connectivity index (χ0v) is 17.3. The molecule has 3 aromatic rings. The molecule has 0 saturated carbocycles. The number of para-hydroxylation sites is 2. The third-order valence-corrected chi connectivity index (χ3v) is 6.00. The first kappa shape index (κ1) is 20.9. The number of aromatic nitrogens is 2. The van der Waals surface area contributed by atoms with E-state index in [1.807, 2.05) is 13.8 Å². The molecular weight excluding hydrogens is 412 g/mol. The second kappa shape index (κ2) is 8.67. The predicted molar refractivity (Wildman–Crippen MR) is 115 cm³/mol. The summed E-state index contributed by atoms with van der Waals surface area (Å²) in [5.74, 6) is -0.715. The zero-order chi connectivity index (χ0) is 21.1. The van der Waals surface area contributed by atoms with E-state index in [1.165, 1.54) is 4.57 Å². The fourth-order valence-electron chi connectivity index (χ4n) is 2.84. The van der Waals surface area contributed by atoms with Crippen LogP contribution in [0.3, 0.4) is 0 Å². The molecule has 0 saturated heterocycles. The van der Waals surface area contributed by atoms with E-state index in [0.717, 1.165) is 11.8 Å². The fourth-order valence-corrected chi connectivity index (χ4v) is 4.16. The Labute approximate surface area is 176 Å². The molecule has 0 aliphatic rings. The molecule has 0 aliphatic heterocycles. The number of hydrogen-bond donors (Lipinski definition) is 2. The Morgan fingerprint density at radius 1 is 1.14 bits per heavy atom. The van der Waals surface area contributed by atoms with Gasteiger partial charge in [-0.25, -0.2) is 9.78 Å². The van der Waals surface area contributed by atoms with Crippen LogP contribution in [-0.2, 0) is 4.79 Å². The van der Waals surface area contributed by atoms with Crippen LogP contribution in [-0.4, -0.2) is 26.7 Å². The number of carbonyl (C=O) groups excluding carboxylic acids is 2. The van der Waals surface area contributed by atoms with Crippen molar-refractivity contribution in [3.8, 4) is 5.69 Å². The molecule has 2 aromatic carbocycles. The van der Waals surface area contributed by atoms with Gasteiger partial charge in [0.15, 0.2) is 5.16 Å². The van der Waals surface area contributed by atoms with Gasteiger partial charge in [0.25, 0.3) is 5.56 Å². The monoisotopic (exact) mass is 430 g/mol. The molecule has 3 rings (SSSR count). The average molecular weight is 431 g/mol. The summed E-state index contributed by atoms with van der Waals surface area (Å²) in [6.07, 6.45) is 0. The molecule has 3 N–H and O–H groups in total. The fraction of sp³-hybridized carbons (Fsp3) is 0.200. The number of fused-ring (bicyclic) bond motifs is 1. The van der Waals surface area contributed by atoms with E-state index in [9.17, 15) is 14.4 Å². The van der Waals surface area contributed by atoms with Crippen LogP contribution in [0.4, 0.5) is 4.79 Å². The molecule has 150 valence electrons. The molecule has 0 bridgehead atoms. The van der Waals surface area contributed by atoms with Crippen LogP contribution in [0.25, 0.3) is 16.6 Å². The highest BCUT2D eigenvalue weighted by Gasteiger charge is 2.27. The first-order valence-electron chi connectivity index (χ1n) is 8.83. The van der Waals surface area contributed by atoms with Crippen LogP contribution in [0, 0.1) is 5.92 Å². The Bertz CT molecular complexity index is 1150. The maximum absolute atomic E-state index is 13.3. The summed E-state index contributed by atoms with van der Waals surface area (Å²) in [5.41, 5.74) is 5.75. The first-order valence-corrected chi connectivity index (χ1v) is 10.1. The van der Waals surface area contributed by atoms with Gasteiger partial charge in [-0.05, 0) is 30.2 Å². The second-order valence-electron chi connectivity index (χ2n) is 6.64. The van der Waals surface area contributed by atoms with Crippen molar-refractivity contribution in [1.29, 1.82) is 0 Å². The number of urea groups is 1. The summed E-state index contributed by atoms with van der Waals surface area (Å²) in [6.45, 7) is 3.66. The van der Waals surface area contributed by atoms with E-state index in [-0.39, 0.29) is 11.5 Å². The molecule has 1 unspecified atom stereocenters. The lowest BCUT2D eigenvalue weighted by molar-refractivity contribution is -0.120. The van der Waals surface area contributed by atoms with Crippen LogP contribution in [0.5, 0.6) is 0 Å². The molecule has 1 atom stereocenters. The van der Waals surface area contributed by atoms with E-state index >= 15 is 0 Å². The summed E-state index contributed by atoms with van der Waals surface area (Å²) in [5, 5.41) is 2.49. The van der Waals surface area contributed by atoms with Gasteiger partial charge < -0.3 is 5.73 Å². The van der Waals surface area contributed by atoms with Crippen LogP contribution >= 0.6 is 23.4 Å². The third kappa shape index (κ3) is 4.44. The normalized spacial score (nSPS) is 12.1. The summed E-state index contributed by atoms with van der Waals surface area (Å²) < 4.78 is 1.39. The van der Waals surface area contributed by atoms with Gasteiger partial charge in [-0.1, -0.05) is 61.5 Å². The van der Waals surface area contributed by atoms with Crippen LogP contribution in [0.15, 0.2) is 58.5 Å². The molecule has 3 amide bonds. The molecule has 9 heteroatoms. The Balaban J connectivity index is 2.21. The number of nitrogens with two attached hydrogens (primary N) is 1. The molecule has 1 heterocycles. The van der Waals surface area contributed by atoms with Crippen molar-refractivity contribution in [2.24, 2.45) is 11.7 Å². The lowest BCUT2D eigenvalue weighted by atomic mass is 10.1. The minimum Gasteiger partial charge on any atom is -0.351 e. The van der Waals surface area contributed by atoms with Gasteiger partial charge in [0.05, 0.1) is 26.9 Å². The van der Waals surface area contributed by atoms with Crippen molar-refractivity contribution in [3.05, 3.63) is 63.9 Å². The van der Waals surface area contributed by atoms with Crippen LogP contribution in [0.1, 0.15) is 13.8 Å². The van der Waals surface area contributed by atoms with Crippen LogP contribution in [0.2, 0.25) is 5.02 Å². The smallest absolute Gasteiger partial charge is 0.318 e. The molecule has 0 radical (unpaired) electrons. The van der Waals surface area contributed by atoms with Crippen molar-refractivity contribution in [3.63, 3.8) is 0 Å². The predicted octanol–water partition coefficient (Wildman–Crippen LogP) is 3.35. The average Bonchev–Trinajstić information content (AvgIpc) is 2.66. The number of thioether (sulfide) groups is 1. The SMILES string of the molecule is CC(C)C(Sc1nc2ccccc2c(=O)n1-c1ccccc1Cl)C(=O)NC(N)=O. The van der Waals surface area contributed by atoms with Gasteiger partial charge in [-0.3, -0.25) is 19.5 Å². The number of carbonyl (C=O) groups is 2. The third-order valence-electron chi connectivity index (χ3n) is 4.18. The molecule has 0 spiro atoms. The van der Waals surface area contributed by atoms with Gasteiger partial charge in [-0.2, -0.15) is 0 Å². The number of benzene rings is 2. The molecule has 7 nitrogen and oxygen atoms in total. The largest absolute Gasteiger partial charge is 0.351 e. The minimum absolute atomic E-state index is 0.164. The highest BCUT2D eigenvalue weighted by Crippen LogP contribution is 2.31. The minimum atomic E-state index is -0.934. The first-order chi connectivity index (χ1) is 13.8. The quantitative estimate of drug-likeness (QED) is 0.476. The molecule has 1 aromatic heterocycles. The van der Waals surface area contributed by atoms with Gasteiger partial charge >= 0.3 is 6.03 Å². The molecular formula is C20H19ClN4O3S. The summed E-state index contributed by atoms with van der Waals surface area (Å²) >= 11 is 7.43. The van der Waals surface area contributed by atoms with Gasteiger partial charge in [0.1, 0.15) is 0 Å². The Kier molecular flexibility index (Phi) is 6.24. The Morgan fingerprint density at radius 3 is 2.45 bits per heavy atom. The summed E-state index contributed by atoms with van der Waals surface area (Å²) in [6, 6.07) is 12.9. The Morgan fingerprint density at radius 2 is 1.79 bits per heavy atom. The molecule has 0 aliphatic carbocycles. The Hall–Kier alpha value is -2.84. The lowest BCUT2D eigenvalue weighted by Crippen LogP contribution is -2.42. The van der Waals surface area contributed by atoms with Crippen molar-refractivity contribution < 1.29 is 9.59 Å². The van der Waals surface area contributed by atoms with Gasteiger partial charge in [0, 0.05) is 0 Å². The highest BCUT2D eigenvalue weighted by molar-refractivity contribution is 8.00. The van der Waals surface area contributed by atoms with E-state index in [0.29, 0.717) is 26.8 Å². The number of hydrogen-bond acceptors (Lipinski definition) is 5. The van der Waals surface area contributed by atoms with Crippen molar-refractivity contribution in [2.45, 2.75) is 24.3 Å². The molecule has 29 heavy (non-hydrogen) atoms. The van der Waals surface area contributed by atoms with E-state index < -0.39 is 17.2 Å². The van der Waals surface area contributed by atoms with Gasteiger partial charge in [-0.15, -0.1) is 0 Å². The topological polar surface area (TPSA) is 107 Å². The number of halogens is 1. The van der Waals surface area contributed by atoms with Gasteiger partial charge in [0.2, 0.25) is 5.91 Å². The maximum Gasteiger partial charge on any atom is 0.318 e. The summed E-state index contributed by atoms with van der Waals surface area (Å²) in [4.78, 5) is 41.5. The number of rotatable bonds is 5.